The van der Waals surface area contributed by atoms with Gasteiger partial charge in [-0.1, -0.05) is 9.60 Å². The maximum absolute atomic E-state index is 14.1. The van der Waals surface area contributed by atoms with E-state index in [0.717, 1.165) is 6.92 Å². The second-order valence-electron chi connectivity index (χ2n) is 4.59. The predicted octanol–water partition coefficient (Wildman–Crippen LogP) is 1.46. The van der Waals surface area contributed by atoms with Gasteiger partial charge in [0, 0.05) is 25.2 Å². The average molecular weight is 332 g/mol. The molecular weight excluding hydrogens is 315 g/mol. The standard InChI is InChI=1S/C11H17FN6O5/c1-6(19)21-5-9-11(22-7(2)20)8(18(12)17-14-3)4-10(23-9)15-16-13/h8-11H,4-5H2,1-3H3/b17-14-/t8-,9-,10?,11-/m1/s1. The van der Waals surface area contributed by atoms with Crippen LogP contribution in [0.25, 0.3) is 10.4 Å². The van der Waals surface area contributed by atoms with E-state index in [9.17, 15) is 14.1 Å². The van der Waals surface area contributed by atoms with E-state index in [4.69, 9.17) is 19.7 Å². The number of esters is 2. The molecule has 1 rings (SSSR count). The SMILES string of the molecule is C/N=N\N(F)[C@@H]1CC(N=[N+]=[N-])O[C@H](COC(C)=O)[C@@H]1OC(C)=O. The molecule has 1 unspecified atom stereocenters. The monoisotopic (exact) mass is 332 g/mol. The van der Waals surface area contributed by atoms with Gasteiger partial charge in [0.25, 0.3) is 0 Å². The number of carbonyl (C=O) groups is 2. The van der Waals surface area contributed by atoms with E-state index in [1.165, 1.54) is 14.0 Å². The van der Waals surface area contributed by atoms with E-state index in [1.807, 2.05) is 0 Å². The molecule has 11 nitrogen and oxygen atoms in total. The van der Waals surface area contributed by atoms with E-state index in [-0.39, 0.29) is 18.3 Å². The zero-order valence-corrected chi connectivity index (χ0v) is 12.8. The van der Waals surface area contributed by atoms with Crippen LogP contribution in [-0.4, -0.2) is 55.3 Å². The van der Waals surface area contributed by atoms with E-state index < -0.39 is 36.4 Å². The van der Waals surface area contributed by atoms with Gasteiger partial charge in [0.2, 0.25) is 0 Å². The van der Waals surface area contributed by atoms with Crippen molar-refractivity contribution in [3.63, 3.8) is 0 Å². The summed E-state index contributed by atoms with van der Waals surface area (Å²) in [5.74, 6) is -1.27. The minimum absolute atomic E-state index is 0.00319. The Kier molecular flexibility index (Phi) is 7.16. The molecule has 1 saturated heterocycles. The van der Waals surface area contributed by atoms with Crippen LogP contribution >= 0.6 is 0 Å². The van der Waals surface area contributed by atoms with Gasteiger partial charge in [-0.05, 0) is 10.8 Å². The van der Waals surface area contributed by atoms with Crippen LogP contribution in [0.2, 0.25) is 0 Å². The summed E-state index contributed by atoms with van der Waals surface area (Å²) in [6, 6.07) is -1.12. The third kappa shape index (κ3) is 5.68. The fourth-order valence-electron chi connectivity index (χ4n) is 2.09. The van der Waals surface area contributed by atoms with Crippen LogP contribution in [0.1, 0.15) is 20.3 Å². The highest BCUT2D eigenvalue weighted by atomic mass is 19.2. The third-order valence-electron chi connectivity index (χ3n) is 2.90. The zero-order chi connectivity index (χ0) is 17.4. The molecule has 1 heterocycles. The van der Waals surface area contributed by atoms with E-state index in [2.05, 4.69) is 20.4 Å². The van der Waals surface area contributed by atoms with Gasteiger partial charge in [-0.3, -0.25) is 9.59 Å². The van der Waals surface area contributed by atoms with Crippen molar-refractivity contribution in [3.8, 4) is 0 Å². The van der Waals surface area contributed by atoms with Crippen LogP contribution in [0.15, 0.2) is 15.5 Å². The fourth-order valence-corrected chi connectivity index (χ4v) is 2.09. The van der Waals surface area contributed by atoms with Crippen LogP contribution in [0.3, 0.4) is 0 Å². The van der Waals surface area contributed by atoms with Crippen molar-refractivity contribution >= 4 is 11.9 Å². The lowest BCUT2D eigenvalue weighted by atomic mass is 9.98. The Hall–Kier alpha value is -2.46. The summed E-state index contributed by atoms with van der Waals surface area (Å²) < 4.78 is 29.4. The molecule has 0 radical (unpaired) electrons. The number of hydrogen-bond donors (Lipinski definition) is 0. The highest BCUT2D eigenvalue weighted by molar-refractivity contribution is 5.66. The molecule has 12 heteroatoms. The Morgan fingerprint density at radius 1 is 1.43 bits per heavy atom. The highest BCUT2D eigenvalue weighted by Crippen LogP contribution is 2.29. The number of halogens is 1. The quantitative estimate of drug-likeness (QED) is 0.180. The van der Waals surface area contributed by atoms with E-state index in [1.54, 1.807) is 0 Å². The van der Waals surface area contributed by atoms with Crippen LogP contribution in [0.5, 0.6) is 0 Å². The first-order valence-corrected chi connectivity index (χ1v) is 6.64. The minimum atomic E-state index is -1.13. The number of azide groups is 1. The van der Waals surface area contributed by atoms with Crippen molar-refractivity contribution in [1.82, 2.24) is 5.23 Å². The van der Waals surface area contributed by atoms with Crippen molar-refractivity contribution < 1.29 is 28.3 Å². The van der Waals surface area contributed by atoms with E-state index >= 15 is 0 Å². The van der Waals surface area contributed by atoms with Gasteiger partial charge in [-0.15, -0.1) is 5.23 Å². The highest BCUT2D eigenvalue weighted by Gasteiger charge is 2.45. The summed E-state index contributed by atoms with van der Waals surface area (Å²) >= 11 is 0. The smallest absolute Gasteiger partial charge is 0.303 e. The molecule has 0 aromatic carbocycles. The molecule has 0 amide bonds. The van der Waals surface area contributed by atoms with Gasteiger partial charge in [0.1, 0.15) is 25.0 Å². The average Bonchev–Trinajstić information content (AvgIpc) is 2.46. The Labute approximate surface area is 130 Å². The molecule has 1 aliphatic heterocycles. The molecular formula is C11H17FN6O5. The number of rotatable bonds is 6. The van der Waals surface area contributed by atoms with E-state index in [0.29, 0.717) is 0 Å². The van der Waals surface area contributed by atoms with Gasteiger partial charge in [0.05, 0.1) is 7.05 Å². The topological polar surface area (TPSA) is 139 Å². The molecule has 23 heavy (non-hydrogen) atoms. The Morgan fingerprint density at radius 2 is 2.13 bits per heavy atom. The van der Waals surface area contributed by atoms with Crippen molar-refractivity contribution in [2.75, 3.05) is 13.7 Å². The summed E-state index contributed by atoms with van der Waals surface area (Å²) in [5, 5.41) is 9.91. The Balaban J connectivity index is 3.05. The van der Waals surface area contributed by atoms with Crippen molar-refractivity contribution in [1.29, 1.82) is 0 Å². The van der Waals surface area contributed by atoms with Crippen molar-refractivity contribution in [2.45, 2.75) is 44.7 Å². The van der Waals surface area contributed by atoms with Gasteiger partial charge in [0.15, 0.2) is 6.10 Å². The van der Waals surface area contributed by atoms with Gasteiger partial charge < -0.3 is 14.2 Å². The largest absolute Gasteiger partial charge is 0.463 e. The molecule has 0 saturated carbocycles. The van der Waals surface area contributed by atoms with Gasteiger partial charge in [-0.2, -0.15) is 5.11 Å². The lowest BCUT2D eigenvalue weighted by molar-refractivity contribution is -0.214. The number of nitrogens with zero attached hydrogens (tertiary/aromatic N) is 6. The summed E-state index contributed by atoms with van der Waals surface area (Å²) in [7, 11) is 1.26. The van der Waals surface area contributed by atoms with Crippen LogP contribution in [0, 0.1) is 0 Å². The lowest BCUT2D eigenvalue weighted by Crippen LogP contribution is -2.55. The van der Waals surface area contributed by atoms with Crippen LogP contribution in [-0.2, 0) is 23.8 Å². The molecule has 0 bridgehead atoms. The van der Waals surface area contributed by atoms with Crippen LogP contribution < -0.4 is 0 Å². The van der Waals surface area contributed by atoms with Crippen LogP contribution in [0.4, 0.5) is 4.48 Å². The van der Waals surface area contributed by atoms with Gasteiger partial charge in [-0.25, -0.2) is 0 Å². The normalized spacial score (nSPS) is 27.1. The molecule has 0 aliphatic carbocycles. The molecule has 1 fully saturated rings. The maximum atomic E-state index is 14.1. The van der Waals surface area contributed by atoms with Gasteiger partial charge >= 0.3 is 11.9 Å². The molecule has 1 aliphatic rings. The first-order valence-electron chi connectivity index (χ1n) is 6.64. The lowest BCUT2D eigenvalue weighted by Gasteiger charge is -2.39. The van der Waals surface area contributed by atoms with Crippen molar-refractivity contribution in [2.24, 2.45) is 15.5 Å². The first-order chi connectivity index (χ1) is 10.9. The summed E-state index contributed by atoms with van der Waals surface area (Å²) in [4.78, 5) is 24.8. The second-order valence-corrected chi connectivity index (χ2v) is 4.59. The Bertz CT molecular complexity index is 511. The number of carbonyl (C=O) groups excluding carboxylic acids is 2. The molecule has 0 aromatic rings. The molecule has 128 valence electrons. The zero-order valence-electron chi connectivity index (χ0n) is 12.8. The third-order valence-corrected chi connectivity index (χ3v) is 2.90. The molecule has 0 N–H and O–H groups in total. The minimum Gasteiger partial charge on any atom is -0.463 e. The summed E-state index contributed by atoms with van der Waals surface area (Å²) in [5.41, 5.74) is 8.52. The maximum Gasteiger partial charge on any atom is 0.303 e. The molecule has 0 spiro atoms. The molecule has 4 atom stereocenters. The Morgan fingerprint density at radius 3 is 2.65 bits per heavy atom. The predicted molar refractivity (Wildman–Crippen MR) is 72.1 cm³/mol. The number of hydrogen-bond acceptors (Lipinski definition) is 8. The summed E-state index contributed by atoms with van der Waals surface area (Å²) in [6.07, 6.45) is -3.33. The van der Waals surface area contributed by atoms with Crippen molar-refractivity contribution in [3.05, 3.63) is 10.4 Å². The number of ether oxygens (including phenoxy) is 3. The second kappa shape index (κ2) is 8.86. The first kappa shape index (κ1) is 18.6. The summed E-state index contributed by atoms with van der Waals surface area (Å²) in [6.45, 7) is 2.01. The molecule has 0 aromatic heterocycles. The fraction of sp³-hybridized carbons (Fsp3) is 0.818.